The SMILES string of the molecule is CC(C)[C@@H](Nc1nc(Nc2cncc(-n3cccn3)c2)c(C(N)=O)cc1F)[C@H](C)CC(=O)OC(C)(C)C. The number of nitrogens with one attached hydrogen (secondary N) is 2. The monoisotopic (exact) mass is 511 g/mol. The lowest BCUT2D eigenvalue weighted by atomic mass is 9.89. The maximum Gasteiger partial charge on any atom is 0.306 e. The van der Waals surface area contributed by atoms with Crippen molar-refractivity contribution in [2.24, 2.45) is 17.6 Å². The van der Waals surface area contributed by atoms with E-state index in [2.05, 4.69) is 25.7 Å². The maximum absolute atomic E-state index is 15.1. The van der Waals surface area contributed by atoms with E-state index in [-0.39, 0.29) is 47.5 Å². The standard InChI is InChI=1S/C26H34FN7O3/c1-15(2)22(16(3)10-21(35)37-26(4,5)6)32-25-20(27)12-19(23(28)36)24(33-25)31-17-11-18(14-29-13-17)34-9-7-8-30-34/h7-9,11-16,22H,10H2,1-6H3,(H2,28,36)(H2,31,32,33)/t16-,22-/m1/s1. The summed E-state index contributed by atoms with van der Waals surface area (Å²) in [5.74, 6) is -2.08. The Morgan fingerprint density at radius 2 is 1.89 bits per heavy atom. The topological polar surface area (TPSA) is 137 Å². The molecule has 3 rings (SSSR count). The molecule has 3 heterocycles. The van der Waals surface area contributed by atoms with Gasteiger partial charge in [-0.3, -0.25) is 14.6 Å². The van der Waals surface area contributed by atoms with Crippen LogP contribution in [0.2, 0.25) is 0 Å². The molecule has 3 aromatic rings. The molecule has 0 aromatic carbocycles. The highest BCUT2D eigenvalue weighted by molar-refractivity contribution is 5.98. The van der Waals surface area contributed by atoms with Gasteiger partial charge in [-0.15, -0.1) is 0 Å². The Balaban J connectivity index is 1.88. The van der Waals surface area contributed by atoms with Crippen molar-refractivity contribution in [3.8, 4) is 5.69 Å². The van der Waals surface area contributed by atoms with Gasteiger partial charge >= 0.3 is 5.97 Å². The third-order valence-electron chi connectivity index (χ3n) is 5.54. The van der Waals surface area contributed by atoms with Crippen LogP contribution in [0.25, 0.3) is 5.69 Å². The third-order valence-corrected chi connectivity index (χ3v) is 5.54. The zero-order valence-corrected chi connectivity index (χ0v) is 21.9. The van der Waals surface area contributed by atoms with Crippen molar-refractivity contribution in [2.45, 2.75) is 59.6 Å². The van der Waals surface area contributed by atoms with Crippen LogP contribution < -0.4 is 16.4 Å². The van der Waals surface area contributed by atoms with Crippen molar-refractivity contribution in [3.05, 3.63) is 54.4 Å². The minimum atomic E-state index is -0.838. The number of nitrogens with zero attached hydrogens (tertiary/aromatic N) is 4. The number of nitrogens with two attached hydrogens (primary N) is 1. The second kappa shape index (κ2) is 11.4. The van der Waals surface area contributed by atoms with Crippen LogP contribution in [0.15, 0.2) is 43.0 Å². The fourth-order valence-electron chi connectivity index (χ4n) is 3.95. The number of esters is 1. The predicted octanol–water partition coefficient (Wildman–Crippen LogP) is 4.45. The van der Waals surface area contributed by atoms with Crippen molar-refractivity contribution in [1.82, 2.24) is 19.7 Å². The molecule has 0 spiro atoms. The minimum absolute atomic E-state index is 0.0285. The minimum Gasteiger partial charge on any atom is -0.460 e. The molecule has 0 saturated heterocycles. The summed E-state index contributed by atoms with van der Waals surface area (Å²) < 4.78 is 22.1. The number of halogens is 1. The largest absolute Gasteiger partial charge is 0.460 e. The van der Waals surface area contributed by atoms with Crippen LogP contribution in [0.4, 0.5) is 21.7 Å². The molecule has 0 aliphatic rings. The molecular weight excluding hydrogens is 477 g/mol. The number of hydrogen-bond acceptors (Lipinski definition) is 8. The first-order valence-corrected chi connectivity index (χ1v) is 12.0. The summed E-state index contributed by atoms with van der Waals surface area (Å²) in [6.45, 7) is 11.2. The van der Waals surface area contributed by atoms with Crippen LogP contribution in [-0.4, -0.2) is 43.3 Å². The Labute approximate surface area is 215 Å². The molecule has 0 radical (unpaired) electrons. The summed E-state index contributed by atoms with van der Waals surface area (Å²) in [6, 6.07) is 4.26. The molecule has 0 aliphatic heterocycles. The third kappa shape index (κ3) is 7.48. The molecule has 2 atom stereocenters. The van der Waals surface area contributed by atoms with E-state index in [0.717, 1.165) is 6.07 Å². The summed E-state index contributed by atoms with van der Waals surface area (Å²) in [4.78, 5) is 33.0. The van der Waals surface area contributed by atoms with Gasteiger partial charge in [0.25, 0.3) is 5.91 Å². The second-order valence-corrected chi connectivity index (χ2v) is 10.3. The van der Waals surface area contributed by atoms with E-state index in [4.69, 9.17) is 10.5 Å². The number of primary amides is 1. The molecule has 3 aromatic heterocycles. The Bertz CT molecular complexity index is 1240. The number of carbonyl (C=O) groups excluding carboxylic acids is 2. The number of anilines is 3. The van der Waals surface area contributed by atoms with E-state index in [1.807, 2.05) is 41.5 Å². The van der Waals surface area contributed by atoms with Gasteiger partial charge in [-0.1, -0.05) is 20.8 Å². The molecule has 0 saturated carbocycles. The van der Waals surface area contributed by atoms with Crippen LogP contribution in [0.3, 0.4) is 0 Å². The number of aromatic nitrogens is 4. The number of rotatable bonds is 10. The van der Waals surface area contributed by atoms with Crippen LogP contribution in [-0.2, 0) is 9.53 Å². The van der Waals surface area contributed by atoms with E-state index in [0.29, 0.717) is 11.4 Å². The summed E-state index contributed by atoms with van der Waals surface area (Å²) in [5, 5.41) is 10.3. The van der Waals surface area contributed by atoms with E-state index in [1.54, 1.807) is 35.4 Å². The van der Waals surface area contributed by atoms with Crippen molar-refractivity contribution in [1.29, 1.82) is 0 Å². The van der Waals surface area contributed by atoms with Gasteiger partial charge in [0.05, 0.1) is 35.8 Å². The van der Waals surface area contributed by atoms with Gasteiger partial charge in [0.1, 0.15) is 11.4 Å². The number of carbonyl (C=O) groups is 2. The molecule has 198 valence electrons. The summed E-state index contributed by atoms with van der Waals surface area (Å²) in [6.07, 6.45) is 6.70. The fourth-order valence-corrected chi connectivity index (χ4v) is 3.95. The quantitative estimate of drug-likeness (QED) is 0.340. The van der Waals surface area contributed by atoms with Crippen molar-refractivity contribution < 1.29 is 18.7 Å². The number of ether oxygens (including phenoxy) is 1. The fraction of sp³-hybridized carbons (Fsp3) is 0.423. The van der Waals surface area contributed by atoms with Crippen molar-refractivity contribution in [3.63, 3.8) is 0 Å². The number of pyridine rings is 2. The lowest BCUT2D eigenvalue weighted by molar-refractivity contribution is -0.156. The zero-order chi connectivity index (χ0) is 27.3. The lowest BCUT2D eigenvalue weighted by Crippen LogP contribution is -2.36. The Morgan fingerprint density at radius 3 is 2.49 bits per heavy atom. The van der Waals surface area contributed by atoms with E-state index < -0.39 is 17.3 Å². The van der Waals surface area contributed by atoms with Gasteiger partial charge in [-0.05, 0) is 50.8 Å². The first-order valence-electron chi connectivity index (χ1n) is 12.0. The summed E-state index contributed by atoms with van der Waals surface area (Å²) in [5.41, 5.74) is 5.97. The van der Waals surface area contributed by atoms with Gasteiger partial charge in [0.2, 0.25) is 0 Å². The van der Waals surface area contributed by atoms with Crippen LogP contribution in [0.5, 0.6) is 0 Å². The molecule has 1 amide bonds. The normalized spacial score (nSPS) is 13.2. The first kappa shape index (κ1) is 27.6. The van der Waals surface area contributed by atoms with E-state index in [9.17, 15) is 9.59 Å². The number of amides is 1. The smallest absolute Gasteiger partial charge is 0.306 e. The Kier molecular flexibility index (Phi) is 8.46. The van der Waals surface area contributed by atoms with Gasteiger partial charge < -0.3 is 21.1 Å². The molecule has 0 aliphatic carbocycles. The first-order chi connectivity index (χ1) is 17.3. The van der Waals surface area contributed by atoms with Gasteiger partial charge in [0, 0.05) is 18.4 Å². The van der Waals surface area contributed by atoms with Crippen LogP contribution in [0, 0.1) is 17.7 Å². The van der Waals surface area contributed by atoms with E-state index in [1.165, 1.54) is 6.20 Å². The Morgan fingerprint density at radius 1 is 1.16 bits per heavy atom. The second-order valence-electron chi connectivity index (χ2n) is 10.3. The van der Waals surface area contributed by atoms with Crippen molar-refractivity contribution in [2.75, 3.05) is 10.6 Å². The average molecular weight is 512 g/mol. The molecular formula is C26H34FN7O3. The van der Waals surface area contributed by atoms with Crippen molar-refractivity contribution >= 4 is 29.2 Å². The van der Waals surface area contributed by atoms with Gasteiger partial charge in [-0.25, -0.2) is 14.1 Å². The molecule has 10 nitrogen and oxygen atoms in total. The molecule has 0 bridgehead atoms. The molecule has 37 heavy (non-hydrogen) atoms. The summed E-state index contributed by atoms with van der Waals surface area (Å²) in [7, 11) is 0. The van der Waals surface area contributed by atoms with Crippen LogP contribution in [0.1, 0.15) is 58.3 Å². The lowest BCUT2D eigenvalue weighted by Gasteiger charge is -2.30. The highest BCUT2D eigenvalue weighted by atomic mass is 19.1. The number of hydrogen-bond donors (Lipinski definition) is 3. The Hall–Kier alpha value is -4.02. The average Bonchev–Trinajstić information content (AvgIpc) is 3.32. The van der Waals surface area contributed by atoms with Gasteiger partial charge in [-0.2, -0.15) is 5.10 Å². The molecule has 0 unspecified atom stereocenters. The summed E-state index contributed by atoms with van der Waals surface area (Å²) >= 11 is 0. The predicted molar refractivity (Wildman–Crippen MR) is 139 cm³/mol. The molecule has 11 heteroatoms. The highest BCUT2D eigenvalue weighted by Crippen LogP contribution is 2.28. The molecule has 0 fully saturated rings. The van der Waals surface area contributed by atoms with E-state index >= 15 is 4.39 Å². The maximum atomic E-state index is 15.1. The van der Waals surface area contributed by atoms with Crippen LogP contribution >= 0.6 is 0 Å². The highest BCUT2D eigenvalue weighted by Gasteiger charge is 2.28. The van der Waals surface area contributed by atoms with Gasteiger partial charge in [0.15, 0.2) is 11.6 Å². The molecule has 4 N–H and O–H groups in total. The zero-order valence-electron chi connectivity index (χ0n) is 21.9.